The first-order chi connectivity index (χ1) is 5.77. The predicted octanol–water partition coefficient (Wildman–Crippen LogP) is 1.83. The first-order valence-electron chi connectivity index (χ1n) is 3.55. The monoisotopic (exact) mass is 161 g/mol. The number of nitrogens with zero attached hydrogens (tertiary/aromatic N) is 1. The van der Waals surface area contributed by atoms with Gasteiger partial charge in [-0.2, -0.15) is 0 Å². The van der Waals surface area contributed by atoms with Crippen molar-refractivity contribution in [2.24, 2.45) is 0 Å². The average molecular weight is 161 g/mol. The fraction of sp³-hybridized carbons (Fsp3) is 0. The van der Waals surface area contributed by atoms with E-state index in [-0.39, 0.29) is 0 Å². The fourth-order valence-electron chi connectivity index (χ4n) is 0.879. The van der Waals surface area contributed by atoms with Crippen LogP contribution in [-0.4, -0.2) is 6.34 Å². The second kappa shape index (κ2) is 3.57. The summed E-state index contributed by atoms with van der Waals surface area (Å²) in [7, 11) is 0. The molecule has 0 saturated carbocycles. The van der Waals surface area contributed by atoms with E-state index in [1.54, 1.807) is 23.2 Å². The standard InChI is InChI=1S/C9H11N3/c1-2-12(7-10)9-5-3-8(11)4-6-9/h2-7,10H,1,11H2. The number of benzene rings is 1. The second-order valence-corrected chi connectivity index (χ2v) is 2.31. The van der Waals surface area contributed by atoms with Gasteiger partial charge in [-0.15, -0.1) is 0 Å². The molecule has 3 nitrogen and oxygen atoms in total. The van der Waals surface area contributed by atoms with Crippen molar-refractivity contribution in [3.8, 4) is 0 Å². The molecule has 3 N–H and O–H groups in total. The molecule has 1 rings (SSSR count). The van der Waals surface area contributed by atoms with Crippen LogP contribution in [0.5, 0.6) is 0 Å². The molecule has 0 atom stereocenters. The van der Waals surface area contributed by atoms with Gasteiger partial charge in [0, 0.05) is 17.6 Å². The molecule has 62 valence electrons. The van der Waals surface area contributed by atoms with Crippen LogP contribution in [0.25, 0.3) is 0 Å². The van der Waals surface area contributed by atoms with Crippen LogP contribution in [0.15, 0.2) is 37.0 Å². The molecule has 0 bridgehead atoms. The van der Waals surface area contributed by atoms with E-state index in [9.17, 15) is 0 Å². The van der Waals surface area contributed by atoms with Crippen molar-refractivity contribution in [1.82, 2.24) is 0 Å². The maximum Gasteiger partial charge on any atom is 0.0902 e. The molecule has 1 aromatic rings. The highest BCUT2D eigenvalue weighted by Crippen LogP contribution is 2.14. The van der Waals surface area contributed by atoms with E-state index in [1.165, 1.54) is 6.34 Å². The molecule has 0 unspecified atom stereocenters. The summed E-state index contributed by atoms with van der Waals surface area (Å²) >= 11 is 0. The van der Waals surface area contributed by atoms with E-state index in [2.05, 4.69) is 6.58 Å². The molecule has 0 radical (unpaired) electrons. The molecule has 0 saturated heterocycles. The van der Waals surface area contributed by atoms with Crippen molar-refractivity contribution in [3.05, 3.63) is 37.0 Å². The van der Waals surface area contributed by atoms with Crippen molar-refractivity contribution >= 4 is 17.7 Å². The highest BCUT2D eigenvalue weighted by Gasteiger charge is 1.96. The molecule has 1 aromatic carbocycles. The lowest BCUT2D eigenvalue weighted by molar-refractivity contribution is 1.35. The fourth-order valence-corrected chi connectivity index (χ4v) is 0.879. The Hall–Kier alpha value is -1.77. The number of hydrogen-bond acceptors (Lipinski definition) is 2. The van der Waals surface area contributed by atoms with E-state index in [0.717, 1.165) is 5.69 Å². The van der Waals surface area contributed by atoms with Crippen LogP contribution in [0.3, 0.4) is 0 Å². The molecule has 0 aromatic heterocycles. The van der Waals surface area contributed by atoms with Crippen LogP contribution in [0.1, 0.15) is 0 Å². The molecule has 0 aliphatic carbocycles. The molecule has 0 amide bonds. The lowest BCUT2D eigenvalue weighted by Crippen LogP contribution is -2.11. The predicted molar refractivity (Wildman–Crippen MR) is 52.3 cm³/mol. The van der Waals surface area contributed by atoms with Gasteiger partial charge in [-0.25, -0.2) is 0 Å². The van der Waals surface area contributed by atoms with Gasteiger partial charge in [-0.05, 0) is 24.3 Å². The minimum atomic E-state index is 0.716. The van der Waals surface area contributed by atoms with Crippen LogP contribution < -0.4 is 10.6 Å². The molecule has 3 heteroatoms. The summed E-state index contributed by atoms with van der Waals surface area (Å²) < 4.78 is 0. The smallest absolute Gasteiger partial charge is 0.0902 e. The lowest BCUT2D eigenvalue weighted by Gasteiger charge is -2.12. The molecule has 12 heavy (non-hydrogen) atoms. The van der Waals surface area contributed by atoms with Gasteiger partial charge in [0.15, 0.2) is 0 Å². The van der Waals surface area contributed by atoms with Crippen LogP contribution in [0.4, 0.5) is 11.4 Å². The van der Waals surface area contributed by atoms with Gasteiger partial charge < -0.3 is 10.6 Å². The Labute approximate surface area is 71.6 Å². The van der Waals surface area contributed by atoms with Gasteiger partial charge in [-0.1, -0.05) is 6.58 Å². The summed E-state index contributed by atoms with van der Waals surface area (Å²) in [5.41, 5.74) is 7.11. The highest BCUT2D eigenvalue weighted by atomic mass is 15.1. The first kappa shape index (κ1) is 8.33. The Balaban J connectivity index is 2.94. The third-order valence-electron chi connectivity index (χ3n) is 1.53. The minimum absolute atomic E-state index is 0.716. The van der Waals surface area contributed by atoms with Gasteiger partial charge in [0.2, 0.25) is 0 Å². The van der Waals surface area contributed by atoms with Gasteiger partial charge >= 0.3 is 0 Å². The second-order valence-electron chi connectivity index (χ2n) is 2.31. The Morgan fingerprint density at radius 3 is 2.33 bits per heavy atom. The molecular weight excluding hydrogens is 150 g/mol. The Morgan fingerprint density at radius 2 is 1.92 bits per heavy atom. The van der Waals surface area contributed by atoms with Crippen molar-refractivity contribution < 1.29 is 0 Å². The van der Waals surface area contributed by atoms with E-state index in [1.807, 2.05) is 12.1 Å². The molecule has 0 aliphatic heterocycles. The summed E-state index contributed by atoms with van der Waals surface area (Å²) in [5, 5.41) is 7.05. The summed E-state index contributed by atoms with van der Waals surface area (Å²) in [4.78, 5) is 1.60. The van der Waals surface area contributed by atoms with E-state index < -0.39 is 0 Å². The van der Waals surface area contributed by atoms with Gasteiger partial charge in [0.1, 0.15) is 0 Å². The van der Waals surface area contributed by atoms with Crippen LogP contribution >= 0.6 is 0 Å². The van der Waals surface area contributed by atoms with Crippen LogP contribution in [-0.2, 0) is 0 Å². The topological polar surface area (TPSA) is 53.1 Å². The van der Waals surface area contributed by atoms with Crippen molar-refractivity contribution in [3.63, 3.8) is 0 Å². The minimum Gasteiger partial charge on any atom is -0.399 e. The molecule has 0 aliphatic rings. The summed E-state index contributed by atoms with van der Waals surface area (Å²) in [6.45, 7) is 3.57. The van der Waals surface area contributed by atoms with Crippen molar-refractivity contribution in [2.45, 2.75) is 0 Å². The van der Waals surface area contributed by atoms with Crippen molar-refractivity contribution in [2.75, 3.05) is 10.6 Å². The molecule has 0 heterocycles. The number of nitrogen functional groups attached to an aromatic ring is 1. The summed E-state index contributed by atoms with van der Waals surface area (Å²) in [6, 6.07) is 7.24. The van der Waals surface area contributed by atoms with Crippen LogP contribution in [0, 0.1) is 5.41 Å². The maximum absolute atomic E-state index is 7.05. The molecular formula is C9H11N3. The lowest BCUT2D eigenvalue weighted by atomic mass is 10.3. The largest absolute Gasteiger partial charge is 0.399 e. The Bertz CT molecular complexity index is 268. The Kier molecular flexibility index (Phi) is 2.48. The number of nitrogens with one attached hydrogen (secondary N) is 1. The third kappa shape index (κ3) is 1.63. The number of rotatable bonds is 3. The third-order valence-corrected chi connectivity index (χ3v) is 1.53. The van der Waals surface area contributed by atoms with Crippen molar-refractivity contribution in [1.29, 1.82) is 5.41 Å². The summed E-state index contributed by atoms with van der Waals surface area (Å²) in [5.74, 6) is 0. The normalized spacial score (nSPS) is 9.00. The number of anilines is 2. The van der Waals surface area contributed by atoms with Gasteiger partial charge in [0.05, 0.1) is 6.34 Å². The van der Waals surface area contributed by atoms with E-state index >= 15 is 0 Å². The first-order valence-corrected chi connectivity index (χ1v) is 3.55. The maximum atomic E-state index is 7.05. The Morgan fingerprint density at radius 1 is 1.33 bits per heavy atom. The molecule has 0 spiro atoms. The van der Waals surface area contributed by atoms with E-state index in [4.69, 9.17) is 11.1 Å². The SMILES string of the molecule is C=CN(C=N)c1ccc(N)cc1. The summed E-state index contributed by atoms with van der Waals surface area (Å²) in [6.07, 6.45) is 2.76. The number of hydrogen-bond donors (Lipinski definition) is 2. The van der Waals surface area contributed by atoms with Gasteiger partial charge in [-0.3, -0.25) is 5.41 Å². The zero-order chi connectivity index (χ0) is 8.97. The van der Waals surface area contributed by atoms with Crippen LogP contribution in [0.2, 0.25) is 0 Å². The van der Waals surface area contributed by atoms with Gasteiger partial charge in [0.25, 0.3) is 0 Å². The zero-order valence-electron chi connectivity index (χ0n) is 6.70. The zero-order valence-corrected chi connectivity index (χ0v) is 6.70. The average Bonchev–Trinajstić information content (AvgIpc) is 2.10. The quantitative estimate of drug-likeness (QED) is 0.403. The number of nitrogens with two attached hydrogens (primary N) is 1. The highest BCUT2D eigenvalue weighted by molar-refractivity contribution is 5.79. The molecule has 0 fully saturated rings. The van der Waals surface area contributed by atoms with E-state index in [0.29, 0.717) is 5.69 Å².